The molecular formula is C11H20N2O2. The molecule has 0 aliphatic heterocycles. The van der Waals surface area contributed by atoms with E-state index < -0.39 is 5.60 Å². The van der Waals surface area contributed by atoms with Gasteiger partial charge in [0.05, 0.1) is 17.8 Å². The van der Waals surface area contributed by atoms with Crippen molar-refractivity contribution >= 4 is 0 Å². The Morgan fingerprint density at radius 2 is 2.33 bits per heavy atom. The van der Waals surface area contributed by atoms with Gasteiger partial charge in [0.25, 0.3) is 0 Å². The van der Waals surface area contributed by atoms with E-state index >= 15 is 0 Å². The van der Waals surface area contributed by atoms with Crippen LogP contribution < -0.4 is 5.32 Å². The molecule has 0 saturated carbocycles. The molecule has 0 radical (unpaired) electrons. The third-order valence-electron chi connectivity index (χ3n) is 2.56. The van der Waals surface area contributed by atoms with Gasteiger partial charge in [0.15, 0.2) is 0 Å². The molecule has 1 aromatic heterocycles. The summed E-state index contributed by atoms with van der Waals surface area (Å²) in [5.74, 6) is 1.47. The van der Waals surface area contributed by atoms with Crippen molar-refractivity contribution < 1.29 is 9.52 Å². The number of rotatable bonds is 5. The maximum atomic E-state index is 9.81. The molecule has 1 rings (SSSR count). The molecule has 2 unspecified atom stereocenters. The number of aliphatic hydroxyl groups is 1. The Labute approximate surface area is 90.7 Å². The van der Waals surface area contributed by atoms with Gasteiger partial charge in [0.1, 0.15) is 5.76 Å². The van der Waals surface area contributed by atoms with E-state index in [0.717, 1.165) is 12.2 Å². The van der Waals surface area contributed by atoms with Crippen molar-refractivity contribution in [2.45, 2.75) is 45.8 Å². The Hall–Kier alpha value is -0.870. The lowest BCUT2D eigenvalue weighted by molar-refractivity contribution is 0.0525. The van der Waals surface area contributed by atoms with Crippen molar-refractivity contribution in [2.75, 3.05) is 6.54 Å². The van der Waals surface area contributed by atoms with Gasteiger partial charge in [-0.15, -0.1) is 0 Å². The maximum absolute atomic E-state index is 9.81. The van der Waals surface area contributed by atoms with Crippen LogP contribution in [-0.2, 0) is 0 Å². The molecule has 15 heavy (non-hydrogen) atoms. The fraction of sp³-hybridized carbons (Fsp3) is 0.727. The molecule has 86 valence electrons. The number of nitrogens with zero attached hydrogens (tertiary/aromatic N) is 1. The molecule has 0 fully saturated rings. The first-order valence-electron chi connectivity index (χ1n) is 5.32. The second-order valence-electron chi connectivity index (χ2n) is 4.26. The lowest BCUT2D eigenvalue weighted by atomic mass is 10.0. The van der Waals surface area contributed by atoms with E-state index in [1.807, 2.05) is 27.7 Å². The highest BCUT2D eigenvalue weighted by Gasteiger charge is 2.19. The molecular weight excluding hydrogens is 192 g/mol. The summed E-state index contributed by atoms with van der Waals surface area (Å²) < 4.78 is 5.39. The van der Waals surface area contributed by atoms with E-state index in [-0.39, 0.29) is 6.04 Å². The van der Waals surface area contributed by atoms with Gasteiger partial charge >= 0.3 is 0 Å². The highest BCUT2D eigenvalue weighted by atomic mass is 16.4. The summed E-state index contributed by atoms with van der Waals surface area (Å²) in [6.07, 6.45) is 2.42. The van der Waals surface area contributed by atoms with Crippen LogP contribution in [0.4, 0.5) is 0 Å². The van der Waals surface area contributed by atoms with Crippen LogP contribution in [0.2, 0.25) is 0 Å². The topological polar surface area (TPSA) is 58.3 Å². The minimum absolute atomic E-state index is 0.0247. The van der Waals surface area contributed by atoms with Gasteiger partial charge in [-0.3, -0.25) is 0 Å². The maximum Gasteiger partial charge on any atom is 0.211 e. The van der Waals surface area contributed by atoms with E-state index in [1.54, 1.807) is 6.20 Å². The second-order valence-corrected chi connectivity index (χ2v) is 4.26. The third kappa shape index (κ3) is 3.64. The number of oxazole rings is 1. The minimum Gasteiger partial charge on any atom is -0.444 e. The zero-order chi connectivity index (χ0) is 11.5. The second kappa shape index (κ2) is 4.77. The summed E-state index contributed by atoms with van der Waals surface area (Å²) in [6.45, 7) is 8.14. The molecule has 0 bridgehead atoms. The Morgan fingerprint density at radius 3 is 2.80 bits per heavy atom. The average molecular weight is 212 g/mol. The van der Waals surface area contributed by atoms with E-state index in [9.17, 15) is 5.11 Å². The molecule has 0 amide bonds. The van der Waals surface area contributed by atoms with E-state index in [0.29, 0.717) is 12.4 Å². The summed E-state index contributed by atoms with van der Waals surface area (Å²) in [5, 5.41) is 13.0. The highest BCUT2D eigenvalue weighted by Crippen LogP contribution is 2.14. The van der Waals surface area contributed by atoms with Gasteiger partial charge in [0.2, 0.25) is 5.89 Å². The largest absolute Gasteiger partial charge is 0.444 e. The summed E-state index contributed by atoms with van der Waals surface area (Å²) in [4.78, 5) is 4.13. The van der Waals surface area contributed by atoms with Gasteiger partial charge in [-0.25, -0.2) is 4.98 Å². The van der Waals surface area contributed by atoms with Crippen LogP contribution >= 0.6 is 0 Å². The fourth-order valence-electron chi connectivity index (χ4n) is 1.16. The Balaban J connectivity index is 2.46. The Morgan fingerprint density at radius 1 is 1.67 bits per heavy atom. The van der Waals surface area contributed by atoms with E-state index in [1.165, 1.54) is 0 Å². The van der Waals surface area contributed by atoms with E-state index in [2.05, 4.69) is 10.3 Å². The lowest BCUT2D eigenvalue weighted by Gasteiger charge is -2.23. The van der Waals surface area contributed by atoms with Crippen LogP contribution in [-0.4, -0.2) is 22.2 Å². The zero-order valence-electron chi connectivity index (χ0n) is 9.87. The molecule has 2 N–H and O–H groups in total. The van der Waals surface area contributed by atoms with Crippen LogP contribution in [0.3, 0.4) is 0 Å². The van der Waals surface area contributed by atoms with Crippen molar-refractivity contribution in [3.8, 4) is 0 Å². The first kappa shape index (κ1) is 12.2. The lowest BCUT2D eigenvalue weighted by Crippen LogP contribution is -2.38. The van der Waals surface area contributed by atoms with Gasteiger partial charge < -0.3 is 14.8 Å². The van der Waals surface area contributed by atoms with Crippen molar-refractivity contribution in [3.63, 3.8) is 0 Å². The van der Waals surface area contributed by atoms with Crippen LogP contribution in [0, 0.1) is 6.92 Å². The highest BCUT2D eigenvalue weighted by molar-refractivity contribution is 4.95. The Bertz CT molecular complexity index is 307. The van der Waals surface area contributed by atoms with Gasteiger partial charge in [0, 0.05) is 6.54 Å². The number of hydrogen-bond acceptors (Lipinski definition) is 4. The Kier molecular flexibility index (Phi) is 3.88. The SMILES string of the molecule is CCC(C)(O)CNC(C)c1ncc(C)o1. The molecule has 0 aromatic carbocycles. The smallest absolute Gasteiger partial charge is 0.211 e. The van der Waals surface area contributed by atoms with Gasteiger partial charge in [-0.2, -0.15) is 0 Å². The molecule has 1 aromatic rings. The predicted molar refractivity (Wildman–Crippen MR) is 58.6 cm³/mol. The molecule has 4 nitrogen and oxygen atoms in total. The molecule has 2 atom stereocenters. The third-order valence-corrected chi connectivity index (χ3v) is 2.56. The first-order chi connectivity index (χ1) is 6.94. The summed E-state index contributed by atoms with van der Waals surface area (Å²) in [6, 6.07) is 0.0247. The number of nitrogens with one attached hydrogen (secondary N) is 1. The van der Waals surface area contributed by atoms with Gasteiger partial charge in [-0.05, 0) is 27.2 Å². The van der Waals surface area contributed by atoms with Crippen molar-refractivity contribution in [1.82, 2.24) is 10.3 Å². The van der Waals surface area contributed by atoms with Crippen LogP contribution in [0.1, 0.15) is 44.9 Å². The summed E-state index contributed by atoms with van der Waals surface area (Å²) in [5.41, 5.74) is -0.671. The monoisotopic (exact) mass is 212 g/mol. The fourth-order valence-corrected chi connectivity index (χ4v) is 1.16. The van der Waals surface area contributed by atoms with Crippen molar-refractivity contribution in [2.24, 2.45) is 0 Å². The van der Waals surface area contributed by atoms with Crippen LogP contribution in [0.5, 0.6) is 0 Å². The predicted octanol–water partition coefficient (Wildman–Crippen LogP) is 1.79. The van der Waals surface area contributed by atoms with Crippen LogP contribution in [0.15, 0.2) is 10.6 Å². The number of aryl methyl sites for hydroxylation is 1. The number of aromatic nitrogens is 1. The van der Waals surface area contributed by atoms with E-state index in [4.69, 9.17) is 4.42 Å². The molecule has 0 aliphatic carbocycles. The molecule has 1 heterocycles. The zero-order valence-corrected chi connectivity index (χ0v) is 9.87. The molecule has 0 saturated heterocycles. The quantitative estimate of drug-likeness (QED) is 0.781. The molecule has 4 heteroatoms. The normalized spacial score (nSPS) is 17.4. The number of hydrogen-bond donors (Lipinski definition) is 2. The van der Waals surface area contributed by atoms with Crippen molar-refractivity contribution in [3.05, 3.63) is 17.8 Å². The van der Waals surface area contributed by atoms with Crippen LogP contribution in [0.25, 0.3) is 0 Å². The average Bonchev–Trinajstić information content (AvgIpc) is 2.61. The van der Waals surface area contributed by atoms with Crippen molar-refractivity contribution in [1.29, 1.82) is 0 Å². The van der Waals surface area contributed by atoms with Gasteiger partial charge in [-0.1, -0.05) is 6.92 Å². The summed E-state index contributed by atoms with van der Waals surface area (Å²) >= 11 is 0. The summed E-state index contributed by atoms with van der Waals surface area (Å²) in [7, 11) is 0. The minimum atomic E-state index is -0.671. The standard InChI is InChI=1S/C11H20N2O2/c1-5-11(4,14)7-13-9(3)10-12-6-8(2)15-10/h6,9,13-14H,5,7H2,1-4H3. The molecule has 0 aliphatic rings. The first-order valence-corrected chi connectivity index (χ1v) is 5.32. The molecule has 0 spiro atoms.